The van der Waals surface area contributed by atoms with Gasteiger partial charge in [0.1, 0.15) is 0 Å². The third-order valence-electron chi connectivity index (χ3n) is 3.78. The highest BCUT2D eigenvalue weighted by molar-refractivity contribution is 6.31. The van der Waals surface area contributed by atoms with E-state index in [-0.39, 0.29) is 37.3 Å². The zero-order chi connectivity index (χ0) is 15.4. The van der Waals surface area contributed by atoms with Crippen LogP contribution in [0.2, 0.25) is 5.02 Å². The molecule has 7 heteroatoms. The average Bonchev–Trinajstić information content (AvgIpc) is 2.63. The van der Waals surface area contributed by atoms with Crippen LogP contribution in [0, 0.1) is 5.92 Å². The average molecular weight is 347 g/mol. The second kappa shape index (κ2) is 8.36. The lowest BCUT2D eigenvalue weighted by molar-refractivity contribution is -0.143. The van der Waals surface area contributed by atoms with Crippen LogP contribution < -0.4 is 5.73 Å². The predicted molar refractivity (Wildman–Crippen MR) is 87.3 cm³/mol. The Kier molecular flexibility index (Phi) is 7.13. The standard InChI is InChI=1S/C15H19ClN2O3.ClH/c16-13-4-2-1-3-10(13)7-14(19)18-8-11(15(20)21)5-6-12(17)9-18;/h1-4,11-12H,5-9,17H2,(H,20,21);1H/t11-,12+;/m0./s1. The van der Waals surface area contributed by atoms with Gasteiger partial charge < -0.3 is 15.7 Å². The number of halogens is 2. The lowest BCUT2D eigenvalue weighted by Gasteiger charge is -2.24. The van der Waals surface area contributed by atoms with Crippen molar-refractivity contribution in [2.24, 2.45) is 11.7 Å². The van der Waals surface area contributed by atoms with Crippen molar-refractivity contribution in [1.82, 2.24) is 4.90 Å². The fraction of sp³-hybridized carbons (Fsp3) is 0.467. The Morgan fingerprint density at radius 1 is 1.27 bits per heavy atom. The molecule has 122 valence electrons. The molecule has 1 aromatic rings. The number of amides is 1. The van der Waals surface area contributed by atoms with Crippen molar-refractivity contribution in [3.05, 3.63) is 34.9 Å². The summed E-state index contributed by atoms with van der Waals surface area (Å²) in [7, 11) is 0. The monoisotopic (exact) mass is 346 g/mol. The van der Waals surface area contributed by atoms with Crippen molar-refractivity contribution < 1.29 is 14.7 Å². The first-order chi connectivity index (χ1) is 9.97. The van der Waals surface area contributed by atoms with E-state index in [0.29, 0.717) is 24.4 Å². The minimum atomic E-state index is -0.875. The summed E-state index contributed by atoms with van der Waals surface area (Å²) in [6, 6.07) is 6.98. The van der Waals surface area contributed by atoms with Gasteiger partial charge in [0.05, 0.1) is 12.3 Å². The van der Waals surface area contributed by atoms with Crippen LogP contribution in [0.15, 0.2) is 24.3 Å². The molecular formula is C15H20Cl2N2O3. The van der Waals surface area contributed by atoms with Crippen LogP contribution in [-0.4, -0.2) is 41.0 Å². The lowest BCUT2D eigenvalue weighted by atomic mass is 10.0. The number of hydrogen-bond acceptors (Lipinski definition) is 3. The molecule has 1 aliphatic heterocycles. The summed E-state index contributed by atoms with van der Waals surface area (Å²) in [4.78, 5) is 25.2. The van der Waals surface area contributed by atoms with Gasteiger partial charge in [-0.1, -0.05) is 29.8 Å². The van der Waals surface area contributed by atoms with Gasteiger partial charge in [-0.05, 0) is 24.5 Å². The van der Waals surface area contributed by atoms with Gasteiger partial charge in [-0.2, -0.15) is 0 Å². The number of nitrogens with zero attached hydrogens (tertiary/aromatic N) is 1. The molecule has 1 heterocycles. The van der Waals surface area contributed by atoms with Gasteiger partial charge in [0.2, 0.25) is 5.91 Å². The zero-order valence-corrected chi connectivity index (χ0v) is 13.6. The fourth-order valence-electron chi connectivity index (χ4n) is 2.54. The third kappa shape index (κ3) is 4.87. The Morgan fingerprint density at radius 2 is 1.95 bits per heavy atom. The summed E-state index contributed by atoms with van der Waals surface area (Å²) < 4.78 is 0. The molecule has 5 nitrogen and oxygen atoms in total. The van der Waals surface area contributed by atoms with Gasteiger partial charge in [-0.3, -0.25) is 9.59 Å². The molecule has 0 aromatic heterocycles. The van der Waals surface area contributed by atoms with Gasteiger partial charge in [0.15, 0.2) is 0 Å². The van der Waals surface area contributed by atoms with Crippen LogP contribution in [0.25, 0.3) is 0 Å². The second-order valence-electron chi connectivity index (χ2n) is 5.44. The van der Waals surface area contributed by atoms with Gasteiger partial charge in [0, 0.05) is 24.2 Å². The third-order valence-corrected chi connectivity index (χ3v) is 4.15. The minimum absolute atomic E-state index is 0. The molecule has 22 heavy (non-hydrogen) atoms. The van der Waals surface area contributed by atoms with Crippen molar-refractivity contribution in [1.29, 1.82) is 0 Å². The Hall–Kier alpha value is -1.30. The Bertz CT molecular complexity index is 539. The molecule has 0 saturated carbocycles. The highest BCUT2D eigenvalue weighted by Crippen LogP contribution is 2.20. The molecule has 2 atom stereocenters. The first-order valence-electron chi connectivity index (χ1n) is 6.97. The second-order valence-corrected chi connectivity index (χ2v) is 5.85. The Labute approximate surface area is 140 Å². The van der Waals surface area contributed by atoms with Crippen molar-refractivity contribution in [3.63, 3.8) is 0 Å². The quantitative estimate of drug-likeness (QED) is 0.876. The molecule has 1 saturated heterocycles. The number of carboxylic acids is 1. The minimum Gasteiger partial charge on any atom is -0.481 e. The highest BCUT2D eigenvalue weighted by atomic mass is 35.5. The molecule has 1 fully saturated rings. The van der Waals surface area contributed by atoms with Crippen LogP contribution in [0.3, 0.4) is 0 Å². The lowest BCUT2D eigenvalue weighted by Crippen LogP contribution is -2.42. The van der Waals surface area contributed by atoms with E-state index in [2.05, 4.69) is 0 Å². The molecule has 0 spiro atoms. The van der Waals surface area contributed by atoms with Crippen molar-refractivity contribution in [2.45, 2.75) is 25.3 Å². The molecule has 1 aromatic carbocycles. The molecule has 0 unspecified atom stereocenters. The first kappa shape index (κ1) is 18.7. The molecule has 0 aliphatic carbocycles. The Balaban J connectivity index is 0.00000242. The number of nitrogens with two attached hydrogens (primary N) is 1. The number of hydrogen-bond donors (Lipinski definition) is 2. The van der Waals surface area contributed by atoms with Crippen LogP contribution in [0.5, 0.6) is 0 Å². The van der Waals surface area contributed by atoms with Crippen LogP contribution >= 0.6 is 24.0 Å². The number of aliphatic carboxylic acids is 1. The molecule has 0 radical (unpaired) electrons. The summed E-state index contributed by atoms with van der Waals surface area (Å²) in [5.74, 6) is -1.56. The smallest absolute Gasteiger partial charge is 0.308 e. The van der Waals surface area contributed by atoms with Gasteiger partial charge in [0.25, 0.3) is 0 Å². The van der Waals surface area contributed by atoms with Crippen molar-refractivity contribution >= 4 is 35.9 Å². The summed E-state index contributed by atoms with van der Waals surface area (Å²) in [5, 5.41) is 9.72. The molecule has 1 amide bonds. The number of carbonyl (C=O) groups is 2. The molecule has 0 bridgehead atoms. The molecule has 3 N–H and O–H groups in total. The summed E-state index contributed by atoms with van der Waals surface area (Å²) in [5.41, 5.74) is 6.68. The first-order valence-corrected chi connectivity index (χ1v) is 7.34. The number of likely N-dealkylation sites (tertiary alicyclic amines) is 1. The van der Waals surface area contributed by atoms with Gasteiger partial charge >= 0.3 is 5.97 Å². The highest BCUT2D eigenvalue weighted by Gasteiger charge is 2.29. The van der Waals surface area contributed by atoms with E-state index in [0.717, 1.165) is 5.56 Å². The van der Waals surface area contributed by atoms with E-state index < -0.39 is 11.9 Å². The van der Waals surface area contributed by atoms with Crippen LogP contribution in [-0.2, 0) is 16.0 Å². The van der Waals surface area contributed by atoms with Crippen molar-refractivity contribution in [2.75, 3.05) is 13.1 Å². The van der Waals surface area contributed by atoms with Crippen molar-refractivity contribution in [3.8, 4) is 0 Å². The van der Waals surface area contributed by atoms with E-state index in [1.165, 1.54) is 0 Å². The fourth-order valence-corrected chi connectivity index (χ4v) is 2.75. The van der Waals surface area contributed by atoms with E-state index in [4.69, 9.17) is 17.3 Å². The molecular weight excluding hydrogens is 327 g/mol. The number of carbonyl (C=O) groups excluding carboxylic acids is 1. The van der Waals surface area contributed by atoms with E-state index in [1.807, 2.05) is 6.07 Å². The maximum absolute atomic E-state index is 12.4. The number of rotatable bonds is 3. The normalized spacial score (nSPS) is 21.6. The van der Waals surface area contributed by atoms with E-state index in [9.17, 15) is 14.7 Å². The SMILES string of the molecule is Cl.N[C@@H]1CC[C@H](C(=O)O)CN(C(=O)Cc2ccccc2Cl)C1. The Morgan fingerprint density at radius 3 is 2.59 bits per heavy atom. The summed E-state index contributed by atoms with van der Waals surface area (Å²) in [6.07, 6.45) is 1.29. The van der Waals surface area contributed by atoms with Crippen LogP contribution in [0.4, 0.5) is 0 Å². The largest absolute Gasteiger partial charge is 0.481 e. The predicted octanol–water partition coefficient (Wildman–Crippen LogP) is 1.95. The van der Waals surface area contributed by atoms with E-state index in [1.54, 1.807) is 23.1 Å². The van der Waals surface area contributed by atoms with Crippen LogP contribution in [0.1, 0.15) is 18.4 Å². The maximum Gasteiger partial charge on any atom is 0.308 e. The van der Waals surface area contributed by atoms with Gasteiger partial charge in [-0.15, -0.1) is 12.4 Å². The number of carboxylic acid groups (broad SMARTS) is 1. The zero-order valence-electron chi connectivity index (χ0n) is 12.1. The van der Waals surface area contributed by atoms with Gasteiger partial charge in [-0.25, -0.2) is 0 Å². The maximum atomic E-state index is 12.4. The summed E-state index contributed by atoms with van der Waals surface area (Å²) in [6.45, 7) is 0.611. The number of benzene rings is 1. The summed E-state index contributed by atoms with van der Waals surface area (Å²) >= 11 is 6.06. The van der Waals surface area contributed by atoms with E-state index >= 15 is 0 Å². The molecule has 2 rings (SSSR count). The molecule has 1 aliphatic rings. The topological polar surface area (TPSA) is 83.6 Å².